The van der Waals surface area contributed by atoms with Crippen molar-refractivity contribution in [1.29, 1.82) is 0 Å². The summed E-state index contributed by atoms with van der Waals surface area (Å²) in [5.41, 5.74) is 0.664. The fraction of sp³-hybridized carbons (Fsp3) is 1.00. The van der Waals surface area contributed by atoms with E-state index in [2.05, 4.69) is 19.2 Å². The number of nitrogens with one attached hydrogen (secondary N) is 1. The third-order valence-corrected chi connectivity index (χ3v) is 4.63. The van der Waals surface area contributed by atoms with Crippen molar-refractivity contribution in [3.63, 3.8) is 0 Å². The molecule has 2 nitrogen and oxygen atoms in total. The lowest BCUT2D eigenvalue weighted by atomic mass is 9.79. The molecule has 1 N–H and O–H groups in total. The monoisotopic (exact) mass is 211 g/mol. The molecule has 2 aliphatic rings. The van der Waals surface area contributed by atoms with Crippen molar-refractivity contribution in [3.8, 4) is 0 Å². The molecule has 0 spiro atoms. The molecule has 0 bridgehead atoms. The van der Waals surface area contributed by atoms with Gasteiger partial charge in [-0.1, -0.05) is 20.3 Å². The molecule has 2 fully saturated rings. The Morgan fingerprint density at radius 3 is 2.33 bits per heavy atom. The summed E-state index contributed by atoms with van der Waals surface area (Å²) in [5.74, 6) is 0. The maximum absolute atomic E-state index is 5.64. The van der Waals surface area contributed by atoms with Gasteiger partial charge in [0.15, 0.2) is 0 Å². The van der Waals surface area contributed by atoms with Crippen LogP contribution in [-0.2, 0) is 4.74 Å². The van der Waals surface area contributed by atoms with Gasteiger partial charge in [0.1, 0.15) is 0 Å². The summed E-state index contributed by atoms with van der Waals surface area (Å²) in [5, 5.41) is 3.74. The smallest absolute Gasteiger partial charge is 0.0802 e. The van der Waals surface area contributed by atoms with E-state index in [-0.39, 0.29) is 5.60 Å². The molecule has 0 aliphatic heterocycles. The van der Waals surface area contributed by atoms with Gasteiger partial charge in [0.2, 0.25) is 0 Å². The van der Waals surface area contributed by atoms with Gasteiger partial charge in [-0.05, 0) is 37.5 Å². The van der Waals surface area contributed by atoms with Crippen LogP contribution in [0.4, 0.5) is 0 Å². The topological polar surface area (TPSA) is 21.3 Å². The number of hydrogen-bond donors (Lipinski definition) is 1. The Morgan fingerprint density at radius 1 is 1.20 bits per heavy atom. The van der Waals surface area contributed by atoms with Gasteiger partial charge < -0.3 is 10.1 Å². The average Bonchev–Trinajstić information content (AvgIpc) is 2.45. The van der Waals surface area contributed by atoms with Crippen LogP contribution in [0.3, 0.4) is 0 Å². The molecule has 0 aromatic rings. The zero-order valence-corrected chi connectivity index (χ0v) is 10.4. The van der Waals surface area contributed by atoms with Gasteiger partial charge in [-0.25, -0.2) is 0 Å². The second-order valence-electron chi connectivity index (χ2n) is 6.05. The molecule has 1 unspecified atom stereocenters. The van der Waals surface area contributed by atoms with Gasteiger partial charge in [0.25, 0.3) is 0 Å². The van der Waals surface area contributed by atoms with Crippen LogP contribution in [0.1, 0.15) is 52.4 Å². The summed E-state index contributed by atoms with van der Waals surface area (Å²) >= 11 is 0. The van der Waals surface area contributed by atoms with Gasteiger partial charge in [-0.3, -0.25) is 0 Å². The van der Waals surface area contributed by atoms with Crippen molar-refractivity contribution in [1.82, 2.24) is 5.32 Å². The van der Waals surface area contributed by atoms with Crippen LogP contribution in [0, 0.1) is 5.41 Å². The van der Waals surface area contributed by atoms with Crippen molar-refractivity contribution in [3.05, 3.63) is 0 Å². The predicted octanol–water partition coefficient (Wildman–Crippen LogP) is 2.72. The molecule has 15 heavy (non-hydrogen) atoms. The lowest BCUT2D eigenvalue weighted by Crippen LogP contribution is -2.52. The van der Waals surface area contributed by atoms with E-state index in [1.807, 2.05) is 7.11 Å². The standard InChI is InChI=1S/C13H25NO/c1-12(2)7-4-6-11(12)14-10-13(15-3)8-5-9-13/h11,14H,4-10H2,1-3H3. The van der Waals surface area contributed by atoms with Crippen molar-refractivity contribution in [2.45, 2.75) is 64.0 Å². The quantitative estimate of drug-likeness (QED) is 0.772. The van der Waals surface area contributed by atoms with E-state index in [1.54, 1.807) is 0 Å². The molecule has 0 aromatic carbocycles. The summed E-state index contributed by atoms with van der Waals surface area (Å²) in [4.78, 5) is 0. The van der Waals surface area contributed by atoms with Gasteiger partial charge in [0.05, 0.1) is 5.60 Å². The van der Waals surface area contributed by atoms with Crippen molar-refractivity contribution < 1.29 is 4.74 Å². The van der Waals surface area contributed by atoms with Crippen molar-refractivity contribution in [2.24, 2.45) is 5.41 Å². The van der Waals surface area contributed by atoms with E-state index in [0.29, 0.717) is 11.5 Å². The van der Waals surface area contributed by atoms with Crippen molar-refractivity contribution >= 4 is 0 Å². The highest BCUT2D eigenvalue weighted by Crippen LogP contribution is 2.39. The zero-order chi connectivity index (χ0) is 10.9. The lowest BCUT2D eigenvalue weighted by Gasteiger charge is -2.42. The first-order valence-corrected chi connectivity index (χ1v) is 6.37. The molecule has 2 rings (SSSR count). The van der Waals surface area contributed by atoms with Crippen LogP contribution in [0.5, 0.6) is 0 Å². The van der Waals surface area contributed by atoms with Crippen LogP contribution < -0.4 is 5.32 Å². The molecular weight excluding hydrogens is 186 g/mol. The number of methoxy groups -OCH3 is 1. The highest BCUT2D eigenvalue weighted by Gasteiger charge is 2.40. The molecule has 0 amide bonds. The molecule has 0 saturated heterocycles. The van der Waals surface area contributed by atoms with Crippen molar-refractivity contribution in [2.75, 3.05) is 13.7 Å². The van der Waals surface area contributed by atoms with Gasteiger partial charge in [0, 0.05) is 19.7 Å². The third-order valence-electron chi connectivity index (χ3n) is 4.63. The summed E-state index contributed by atoms with van der Waals surface area (Å²) in [7, 11) is 1.86. The molecule has 2 heteroatoms. The van der Waals surface area contributed by atoms with E-state index in [1.165, 1.54) is 38.5 Å². The first kappa shape index (κ1) is 11.4. The minimum atomic E-state index is 0.179. The normalized spacial score (nSPS) is 32.6. The van der Waals surface area contributed by atoms with E-state index in [9.17, 15) is 0 Å². The molecule has 2 aliphatic carbocycles. The van der Waals surface area contributed by atoms with Gasteiger partial charge in [-0.2, -0.15) is 0 Å². The SMILES string of the molecule is COC1(CNC2CCCC2(C)C)CCC1. The van der Waals surface area contributed by atoms with Crippen LogP contribution >= 0.6 is 0 Å². The Bertz CT molecular complexity index is 215. The highest BCUT2D eigenvalue weighted by atomic mass is 16.5. The molecule has 0 radical (unpaired) electrons. The van der Waals surface area contributed by atoms with E-state index in [0.717, 1.165) is 6.54 Å². The fourth-order valence-corrected chi connectivity index (χ4v) is 3.04. The second kappa shape index (κ2) is 4.06. The Labute approximate surface area is 93.8 Å². The molecule has 2 saturated carbocycles. The zero-order valence-electron chi connectivity index (χ0n) is 10.4. The minimum absolute atomic E-state index is 0.179. The molecule has 88 valence electrons. The third kappa shape index (κ3) is 2.21. The maximum Gasteiger partial charge on any atom is 0.0802 e. The van der Waals surface area contributed by atoms with Gasteiger partial charge in [-0.15, -0.1) is 0 Å². The molecular formula is C13H25NO. The van der Waals surface area contributed by atoms with Crippen LogP contribution in [0.25, 0.3) is 0 Å². The number of ether oxygens (including phenoxy) is 1. The van der Waals surface area contributed by atoms with E-state index < -0.39 is 0 Å². The Kier molecular flexibility index (Phi) is 3.09. The first-order chi connectivity index (χ1) is 7.08. The number of hydrogen-bond acceptors (Lipinski definition) is 2. The van der Waals surface area contributed by atoms with E-state index in [4.69, 9.17) is 4.74 Å². The largest absolute Gasteiger partial charge is 0.377 e. The summed E-state index contributed by atoms with van der Waals surface area (Å²) in [6.45, 7) is 5.83. The maximum atomic E-state index is 5.64. The average molecular weight is 211 g/mol. The second-order valence-corrected chi connectivity index (χ2v) is 6.05. The minimum Gasteiger partial charge on any atom is -0.377 e. The Hall–Kier alpha value is -0.0800. The Balaban J connectivity index is 1.82. The molecule has 0 aromatic heterocycles. The van der Waals surface area contributed by atoms with Crippen LogP contribution in [0.15, 0.2) is 0 Å². The molecule has 1 atom stereocenters. The highest BCUT2D eigenvalue weighted by molar-refractivity contribution is 4.96. The summed E-state index contributed by atoms with van der Waals surface area (Å²) in [6, 6.07) is 0.699. The molecule has 0 heterocycles. The lowest BCUT2D eigenvalue weighted by molar-refractivity contribution is -0.0722. The first-order valence-electron chi connectivity index (χ1n) is 6.37. The summed E-state index contributed by atoms with van der Waals surface area (Å²) in [6.07, 6.45) is 7.90. The van der Waals surface area contributed by atoms with E-state index >= 15 is 0 Å². The predicted molar refractivity (Wildman–Crippen MR) is 63.0 cm³/mol. The summed E-state index contributed by atoms with van der Waals surface area (Å²) < 4.78 is 5.64. The van der Waals surface area contributed by atoms with Gasteiger partial charge >= 0.3 is 0 Å². The number of rotatable bonds is 4. The van der Waals surface area contributed by atoms with Crippen LogP contribution in [0.2, 0.25) is 0 Å². The van der Waals surface area contributed by atoms with Crippen LogP contribution in [-0.4, -0.2) is 25.3 Å². The fourth-order valence-electron chi connectivity index (χ4n) is 3.04. The Morgan fingerprint density at radius 2 is 1.93 bits per heavy atom.